The molecular formula is C10H13BrN2O4S3. The van der Waals surface area contributed by atoms with E-state index in [4.69, 9.17) is 18.0 Å². The zero-order valence-electron chi connectivity index (χ0n) is 10.5. The Bertz CT molecular complexity index is 729. The summed E-state index contributed by atoms with van der Waals surface area (Å²) in [6.07, 6.45) is 0.974. The Morgan fingerprint density at radius 1 is 1.30 bits per heavy atom. The number of thiocarbonyl (C=S) groups is 1. The van der Waals surface area contributed by atoms with Crippen LogP contribution in [-0.2, 0) is 19.9 Å². The number of halogens is 1. The summed E-state index contributed by atoms with van der Waals surface area (Å²) in [5.74, 6) is -0.992. The Hall–Kier alpha value is -0.710. The summed E-state index contributed by atoms with van der Waals surface area (Å²) in [5.41, 5.74) is 6.09. The highest BCUT2D eigenvalue weighted by molar-refractivity contribution is 9.10. The summed E-state index contributed by atoms with van der Waals surface area (Å²) >= 11 is 8.05. The Kier molecular flexibility index (Phi) is 5.53. The number of anilines is 1. The number of rotatable bonds is 6. The van der Waals surface area contributed by atoms with E-state index in [1.807, 2.05) is 0 Å². The van der Waals surface area contributed by atoms with Crippen molar-refractivity contribution in [2.45, 2.75) is 0 Å². The zero-order valence-corrected chi connectivity index (χ0v) is 14.5. The molecule has 3 N–H and O–H groups in total. The van der Waals surface area contributed by atoms with E-state index in [0.717, 1.165) is 6.26 Å². The second kappa shape index (κ2) is 6.37. The largest absolute Gasteiger partial charge is 0.389 e. The van der Waals surface area contributed by atoms with Gasteiger partial charge in [-0.05, 0) is 18.2 Å². The predicted octanol–water partition coefficient (Wildman–Crippen LogP) is 0.870. The van der Waals surface area contributed by atoms with Crippen LogP contribution in [0.3, 0.4) is 0 Å². The lowest BCUT2D eigenvalue weighted by Gasteiger charge is -2.12. The highest BCUT2D eigenvalue weighted by Gasteiger charge is 2.17. The van der Waals surface area contributed by atoms with Crippen LogP contribution in [0.25, 0.3) is 0 Å². The van der Waals surface area contributed by atoms with Crippen LogP contribution in [0.4, 0.5) is 5.69 Å². The van der Waals surface area contributed by atoms with Gasteiger partial charge in [0.2, 0.25) is 10.0 Å². The van der Waals surface area contributed by atoms with Crippen molar-refractivity contribution >= 4 is 58.7 Å². The molecule has 0 spiro atoms. The van der Waals surface area contributed by atoms with Gasteiger partial charge in [-0.25, -0.2) is 16.8 Å². The van der Waals surface area contributed by atoms with Gasteiger partial charge in [0.1, 0.15) is 14.8 Å². The van der Waals surface area contributed by atoms with Crippen molar-refractivity contribution in [3.8, 4) is 0 Å². The molecule has 0 aliphatic carbocycles. The third kappa shape index (κ3) is 5.73. The van der Waals surface area contributed by atoms with Gasteiger partial charge in [-0.3, -0.25) is 4.72 Å². The van der Waals surface area contributed by atoms with E-state index in [2.05, 4.69) is 20.7 Å². The van der Waals surface area contributed by atoms with E-state index in [9.17, 15) is 16.8 Å². The molecule has 6 nitrogen and oxygen atoms in total. The average Bonchev–Trinajstić information content (AvgIpc) is 2.24. The SMILES string of the molecule is CS(=O)(=O)CCS(=O)(=O)Nc1cc(Br)ccc1C(N)=S. The summed E-state index contributed by atoms with van der Waals surface area (Å²) < 4.78 is 48.7. The normalized spacial score (nSPS) is 12.1. The van der Waals surface area contributed by atoms with Crippen LogP contribution in [0.1, 0.15) is 5.56 Å². The first kappa shape index (κ1) is 17.3. The monoisotopic (exact) mass is 400 g/mol. The number of hydrogen-bond donors (Lipinski definition) is 2. The minimum Gasteiger partial charge on any atom is -0.389 e. The second-order valence-corrected chi connectivity index (χ2v) is 9.56. The summed E-state index contributed by atoms with van der Waals surface area (Å²) in [7, 11) is -7.17. The molecule has 0 aromatic heterocycles. The van der Waals surface area contributed by atoms with Crippen molar-refractivity contribution in [3.05, 3.63) is 28.2 Å². The molecule has 0 aliphatic heterocycles. The van der Waals surface area contributed by atoms with Crippen LogP contribution < -0.4 is 10.5 Å². The fraction of sp³-hybridized carbons (Fsp3) is 0.300. The maximum Gasteiger partial charge on any atom is 0.233 e. The van der Waals surface area contributed by atoms with Gasteiger partial charge < -0.3 is 5.73 Å². The smallest absolute Gasteiger partial charge is 0.233 e. The van der Waals surface area contributed by atoms with Gasteiger partial charge in [0.25, 0.3) is 0 Å². The lowest BCUT2D eigenvalue weighted by atomic mass is 10.2. The summed E-state index contributed by atoms with van der Waals surface area (Å²) in [6, 6.07) is 4.75. The molecule has 0 bridgehead atoms. The number of benzene rings is 1. The quantitative estimate of drug-likeness (QED) is 0.686. The number of sulfonamides is 1. The molecule has 0 unspecified atom stereocenters. The lowest BCUT2D eigenvalue weighted by molar-refractivity contribution is 0.593. The second-order valence-electron chi connectivity index (χ2n) is 4.10. The van der Waals surface area contributed by atoms with E-state index in [1.165, 1.54) is 6.07 Å². The van der Waals surface area contributed by atoms with Crippen molar-refractivity contribution in [2.75, 3.05) is 22.5 Å². The van der Waals surface area contributed by atoms with Crippen LogP contribution in [0, 0.1) is 0 Å². The highest BCUT2D eigenvalue weighted by Crippen LogP contribution is 2.22. The van der Waals surface area contributed by atoms with Crippen molar-refractivity contribution in [1.82, 2.24) is 0 Å². The minimum absolute atomic E-state index is 0.0401. The Balaban J connectivity index is 3.03. The zero-order chi connectivity index (χ0) is 15.6. The fourth-order valence-corrected chi connectivity index (χ4v) is 4.53. The van der Waals surface area contributed by atoms with E-state index in [-0.39, 0.29) is 10.7 Å². The van der Waals surface area contributed by atoms with Gasteiger partial charge in [0.05, 0.1) is 17.2 Å². The number of sulfone groups is 1. The van der Waals surface area contributed by atoms with Crippen LogP contribution in [-0.4, -0.2) is 39.6 Å². The molecule has 0 radical (unpaired) electrons. The fourth-order valence-electron chi connectivity index (χ4n) is 1.30. The Morgan fingerprint density at radius 3 is 2.40 bits per heavy atom. The maximum atomic E-state index is 11.9. The molecule has 1 aromatic rings. The van der Waals surface area contributed by atoms with Crippen LogP contribution in [0.15, 0.2) is 22.7 Å². The van der Waals surface area contributed by atoms with E-state index >= 15 is 0 Å². The maximum absolute atomic E-state index is 11.9. The standard InChI is InChI=1S/C10H13BrN2O4S3/c1-19(14,15)4-5-20(16,17)13-9-6-7(11)2-3-8(9)10(12)18/h2-3,6,13H,4-5H2,1H3,(H2,12,18). The third-order valence-electron chi connectivity index (χ3n) is 2.24. The van der Waals surface area contributed by atoms with Gasteiger partial charge in [0.15, 0.2) is 0 Å². The molecule has 0 amide bonds. The molecule has 0 aliphatic rings. The van der Waals surface area contributed by atoms with E-state index in [0.29, 0.717) is 10.0 Å². The molecule has 20 heavy (non-hydrogen) atoms. The minimum atomic E-state index is -3.81. The molecule has 1 aromatic carbocycles. The molecule has 0 saturated carbocycles. The van der Waals surface area contributed by atoms with Crippen LogP contribution >= 0.6 is 28.1 Å². The molecule has 0 fully saturated rings. The lowest BCUT2D eigenvalue weighted by Crippen LogP contribution is -2.24. The van der Waals surface area contributed by atoms with Gasteiger partial charge in [0, 0.05) is 16.3 Å². The first-order chi connectivity index (χ1) is 9.00. The summed E-state index contributed by atoms with van der Waals surface area (Å²) in [6.45, 7) is 0. The number of nitrogens with two attached hydrogens (primary N) is 1. The molecule has 10 heteroatoms. The summed E-state index contributed by atoms with van der Waals surface area (Å²) in [5, 5.41) is 0. The average molecular weight is 401 g/mol. The third-order valence-corrected chi connectivity index (χ3v) is 5.43. The molecule has 112 valence electrons. The van der Waals surface area contributed by atoms with Gasteiger partial charge in [-0.1, -0.05) is 28.1 Å². The van der Waals surface area contributed by atoms with Crippen LogP contribution in [0.2, 0.25) is 0 Å². The van der Waals surface area contributed by atoms with Crippen molar-refractivity contribution in [3.63, 3.8) is 0 Å². The highest BCUT2D eigenvalue weighted by atomic mass is 79.9. The Labute approximate surface area is 131 Å². The van der Waals surface area contributed by atoms with Crippen molar-refractivity contribution in [2.24, 2.45) is 5.73 Å². The first-order valence-corrected chi connectivity index (χ1v) is 10.2. The molecular weight excluding hydrogens is 388 g/mol. The number of hydrogen-bond acceptors (Lipinski definition) is 5. The molecule has 1 rings (SSSR count). The molecule has 0 atom stereocenters. The van der Waals surface area contributed by atoms with E-state index in [1.54, 1.807) is 12.1 Å². The predicted molar refractivity (Wildman–Crippen MR) is 87.1 cm³/mol. The Morgan fingerprint density at radius 2 is 1.90 bits per heavy atom. The van der Waals surface area contributed by atoms with Crippen LogP contribution in [0.5, 0.6) is 0 Å². The van der Waals surface area contributed by atoms with Crippen molar-refractivity contribution < 1.29 is 16.8 Å². The number of nitrogens with one attached hydrogen (secondary N) is 1. The molecule has 0 saturated heterocycles. The van der Waals surface area contributed by atoms with Gasteiger partial charge in [-0.2, -0.15) is 0 Å². The summed E-state index contributed by atoms with van der Waals surface area (Å²) in [4.78, 5) is 0.0401. The first-order valence-electron chi connectivity index (χ1n) is 5.28. The van der Waals surface area contributed by atoms with Gasteiger partial charge in [-0.15, -0.1) is 0 Å². The molecule has 0 heterocycles. The topological polar surface area (TPSA) is 106 Å². The van der Waals surface area contributed by atoms with E-state index < -0.39 is 31.4 Å². The van der Waals surface area contributed by atoms with Gasteiger partial charge >= 0.3 is 0 Å². The van der Waals surface area contributed by atoms with Crippen molar-refractivity contribution in [1.29, 1.82) is 0 Å².